The number of likely N-dealkylation sites (N-methyl/N-ethyl adjacent to an activating group) is 1. The minimum atomic E-state index is -0.376. The molecule has 0 radical (unpaired) electrons. The second-order valence-corrected chi connectivity index (χ2v) is 4.62. The number of furan rings is 1. The fourth-order valence-corrected chi connectivity index (χ4v) is 1.64. The summed E-state index contributed by atoms with van der Waals surface area (Å²) in [5.74, 6) is 0.926. The summed E-state index contributed by atoms with van der Waals surface area (Å²) in [6.45, 7) is 3.80. The number of nitrogens with one attached hydrogen (secondary N) is 2. The maximum Gasteiger partial charge on any atom is 0.287 e. The quantitative estimate of drug-likeness (QED) is 0.827. The smallest absolute Gasteiger partial charge is 0.287 e. The van der Waals surface area contributed by atoms with Crippen LogP contribution in [0.1, 0.15) is 42.2 Å². The summed E-state index contributed by atoms with van der Waals surface area (Å²) < 4.78 is 10.2. The lowest BCUT2D eigenvalue weighted by atomic mass is 10.2. The van der Waals surface area contributed by atoms with Crippen molar-refractivity contribution in [2.24, 2.45) is 0 Å². The first-order valence-electron chi connectivity index (χ1n) is 6.44. The summed E-state index contributed by atoms with van der Waals surface area (Å²) >= 11 is 0. The molecular formula is C13H18N4O3. The first kappa shape index (κ1) is 14.3. The van der Waals surface area contributed by atoms with Crippen molar-refractivity contribution in [3.05, 3.63) is 35.9 Å². The number of amides is 1. The van der Waals surface area contributed by atoms with Gasteiger partial charge in [0, 0.05) is 12.5 Å². The third-order valence-electron chi connectivity index (χ3n) is 2.93. The van der Waals surface area contributed by atoms with E-state index in [0.717, 1.165) is 0 Å². The molecule has 0 fully saturated rings. The van der Waals surface area contributed by atoms with Gasteiger partial charge in [-0.1, -0.05) is 5.16 Å². The summed E-state index contributed by atoms with van der Waals surface area (Å²) in [6, 6.07) is 3.13. The summed E-state index contributed by atoms with van der Waals surface area (Å²) in [7, 11) is 1.87. The number of carbonyl (C=O) groups is 1. The number of rotatable bonds is 6. The summed E-state index contributed by atoms with van der Waals surface area (Å²) in [4.78, 5) is 16.1. The second-order valence-electron chi connectivity index (χ2n) is 4.62. The van der Waals surface area contributed by atoms with E-state index in [1.807, 2.05) is 14.0 Å². The maximum atomic E-state index is 11.8. The molecule has 0 aromatic carbocycles. The van der Waals surface area contributed by atoms with Crippen molar-refractivity contribution in [1.82, 2.24) is 20.8 Å². The van der Waals surface area contributed by atoms with Gasteiger partial charge in [0.05, 0.1) is 6.26 Å². The summed E-state index contributed by atoms with van der Waals surface area (Å²) in [6.07, 6.45) is 2.11. The molecule has 0 aliphatic rings. The standard InChI is InChI=1S/C13H18N4O3/c1-8(14-3)7-11-16-13(20-17-11)9(2)15-12(18)10-5-4-6-19-10/h4-6,8-9,14H,7H2,1-3H3,(H,15,18). The predicted octanol–water partition coefficient (Wildman–Crippen LogP) is 1.30. The van der Waals surface area contributed by atoms with Crippen LogP contribution < -0.4 is 10.6 Å². The molecule has 2 atom stereocenters. The van der Waals surface area contributed by atoms with E-state index >= 15 is 0 Å². The van der Waals surface area contributed by atoms with E-state index in [1.54, 1.807) is 19.1 Å². The number of aromatic nitrogens is 2. The van der Waals surface area contributed by atoms with Gasteiger partial charge in [-0.3, -0.25) is 4.79 Å². The molecule has 0 spiro atoms. The summed E-state index contributed by atoms with van der Waals surface area (Å²) in [5, 5.41) is 9.73. The van der Waals surface area contributed by atoms with Crippen LogP contribution in [-0.2, 0) is 6.42 Å². The Morgan fingerprint density at radius 3 is 2.90 bits per heavy atom. The van der Waals surface area contributed by atoms with Crippen LogP contribution in [0.15, 0.2) is 27.3 Å². The molecule has 2 unspecified atom stereocenters. The van der Waals surface area contributed by atoms with Crippen LogP contribution in [0.3, 0.4) is 0 Å². The van der Waals surface area contributed by atoms with Crippen molar-refractivity contribution in [3.63, 3.8) is 0 Å². The fraction of sp³-hybridized carbons (Fsp3) is 0.462. The molecule has 2 aromatic heterocycles. The Kier molecular flexibility index (Phi) is 4.52. The normalized spacial score (nSPS) is 13.9. The largest absolute Gasteiger partial charge is 0.459 e. The van der Waals surface area contributed by atoms with Crippen molar-refractivity contribution < 1.29 is 13.7 Å². The molecule has 0 aliphatic carbocycles. The molecule has 0 bridgehead atoms. The first-order chi connectivity index (χ1) is 9.60. The number of hydrogen-bond acceptors (Lipinski definition) is 6. The average Bonchev–Trinajstić information content (AvgIpc) is 3.09. The highest BCUT2D eigenvalue weighted by molar-refractivity contribution is 5.91. The average molecular weight is 278 g/mol. The van der Waals surface area contributed by atoms with Gasteiger partial charge in [-0.15, -0.1) is 0 Å². The molecule has 7 nitrogen and oxygen atoms in total. The molecule has 2 rings (SSSR count). The van der Waals surface area contributed by atoms with Gasteiger partial charge in [0.1, 0.15) is 6.04 Å². The van der Waals surface area contributed by atoms with E-state index in [2.05, 4.69) is 20.8 Å². The second kappa shape index (κ2) is 6.33. The SMILES string of the molecule is CNC(C)Cc1noc(C(C)NC(=O)c2ccco2)n1. The Hall–Kier alpha value is -2.15. The van der Waals surface area contributed by atoms with Gasteiger partial charge in [0.2, 0.25) is 5.89 Å². The van der Waals surface area contributed by atoms with Gasteiger partial charge in [-0.2, -0.15) is 4.98 Å². The molecule has 0 aliphatic heterocycles. The van der Waals surface area contributed by atoms with E-state index < -0.39 is 0 Å². The van der Waals surface area contributed by atoms with Gasteiger partial charge >= 0.3 is 0 Å². The van der Waals surface area contributed by atoms with Crippen LogP contribution in [-0.4, -0.2) is 29.1 Å². The van der Waals surface area contributed by atoms with E-state index in [9.17, 15) is 4.79 Å². The first-order valence-corrected chi connectivity index (χ1v) is 6.44. The van der Waals surface area contributed by atoms with Gasteiger partial charge in [-0.25, -0.2) is 0 Å². The van der Waals surface area contributed by atoms with Crippen LogP contribution in [0.2, 0.25) is 0 Å². The molecule has 2 aromatic rings. The van der Waals surface area contributed by atoms with Crippen molar-refractivity contribution in [3.8, 4) is 0 Å². The van der Waals surface area contributed by atoms with Crippen molar-refractivity contribution in [2.75, 3.05) is 7.05 Å². The Labute approximate surface area is 116 Å². The molecule has 2 heterocycles. The van der Waals surface area contributed by atoms with Crippen LogP contribution in [0.25, 0.3) is 0 Å². The van der Waals surface area contributed by atoms with Gasteiger partial charge in [0.15, 0.2) is 11.6 Å². The monoisotopic (exact) mass is 278 g/mol. The Bertz CT molecular complexity index is 550. The van der Waals surface area contributed by atoms with Gasteiger partial charge in [0.25, 0.3) is 5.91 Å². The number of carbonyl (C=O) groups excluding carboxylic acids is 1. The van der Waals surface area contributed by atoms with Crippen molar-refractivity contribution in [2.45, 2.75) is 32.4 Å². The topological polar surface area (TPSA) is 93.2 Å². The third kappa shape index (κ3) is 3.45. The van der Waals surface area contributed by atoms with E-state index in [-0.39, 0.29) is 23.8 Å². The Morgan fingerprint density at radius 1 is 1.45 bits per heavy atom. The highest BCUT2D eigenvalue weighted by Crippen LogP contribution is 2.12. The molecule has 0 saturated carbocycles. The van der Waals surface area contributed by atoms with Crippen LogP contribution >= 0.6 is 0 Å². The lowest BCUT2D eigenvalue weighted by molar-refractivity contribution is 0.0904. The van der Waals surface area contributed by atoms with E-state index in [4.69, 9.17) is 8.94 Å². The van der Waals surface area contributed by atoms with Crippen LogP contribution in [0, 0.1) is 0 Å². The van der Waals surface area contributed by atoms with Gasteiger partial charge in [-0.05, 0) is 33.0 Å². The highest BCUT2D eigenvalue weighted by Gasteiger charge is 2.19. The molecule has 1 amide bonds. The predicted molar refractivity (Wildman–Crippen MR) is 71.1 cm³/mol. The number of hydrogen-bond donors (Lipinski definition) is 2. The van der Waals surface area contributed by atoms with E-state index in [0.29, 0.717) is 18.1 Å². The zero-order valence-electron chi connectivity index (χ0n) is 11.7. The van der Waals surface area contributed by atoms with Crippen molar-refractivity contribution >= 4 is 5.91 Å². The molecule has 0 saturated heterocycles. The van der Waals surface area contributed by atoms with Gasteiger partial charge < -0.3 is 19.6 Å². The van der Waals surface area contributed by atoms with Crippen LogP contribution in [0.4, 0.5) is 0 Å². The highest BCUT2D eigenvalue weighted by atomic mass is 16.5. The number of nitrogens with zero attached hydrogens (tertiary/aromatic N) is 2. The minimum Gasteiger partial charge on any atom is -0.459 e. The summed E-state index contributed by atoms with van der Waals surface area (Å²) in [5.41, 5.74) is 0. The lowest BCUT2D eigenvalue weighted by Gasteiger charge is -2.07. The van der Waals surface area contributed by atoms with E-state index in [1.165, 1.54) is 6.26 Å². The molecule has 108 valence electrons. The third-order valence-corrected chi connectivity index (χ3v) is 2.93. The van der Waals surface area contributed by atoms with Crippen molar-refractivity contribution in [1.29, 1.82) is 0 Å². The maximum absolute atomic E-state index is 11.8. The zero-order chi connectivity index (χ0) is 14.5. The minimum absolute atomic E-state index is 0.250. The molecule has 20 heavy (non-hydrogen) atoms. The molecular weight excluding hydrogens is 260 g/mol. The van der Waals surface area contributed by atoms with Crippen LogP contribution in [0.5, 0.6) is 0 Å². The Balaban J connectivity index is 1.96. The fourth-order valence-electron chi connectivity index (χ4n) is 1.64. The molecule has 2 N–H and O–H groups in total. The Morgan fingerprint density at radius 2 is 2.25 bits per heavy atom. The molecule has 7 heteroatoms. The zero-order valence-corrected chi connectivity index (χ0v) is 11.7. The lowest BCUT2D eigenvalue weighted by Crippen LogP contribution is -2.26.